The number of H-pyrrole nitrogens is 1. The Morgan fingerprint density at radius 1 is 1.40 bits per heavy atom. The second-order valence-electron chi connectivity index (χ2n) is 5.43. The highest BCUT2D eigenvalue weighted by molar-refractivity contribution is 6.31. The second kappa shape index (κ2) is 6.80. The lowest BCUT2D eigenvalue weighted by Gasteiger charge is -2.06. The van der Waals surface area contributed by atoms with Gasteiger partial charge in [-0.2, -0.15) is 0 Å². The summed E-state index contributed by atoms with van der Waals surface area (Å²) in [6.07, 6.45) is 4.18. The summed E-state index contributed by atoms with van der Waals surface area (Å²) >= 11 is 6.02. The van der Waals surface area contributed by atoms with Crippen LogP contribution in [0.25, 0.3) is 10.9 Å². The summed E-state index contributed by atoms with van der Waals surface area (Å²) < 4.78 is 5.21. The van der Waals surface area contributed by atoms with Gasteiger partial charge in [0.15, 0.2) is 0 Å². The lowest BCUT2D eigenvalue weighted by molar-refractivity contribution is -0.144. The molecule has 1 N–H and O–H groups in total. The standard InChI is InChI=1S/C16H20ClNO2/c1-11(2)8-16(19)20-7-3-4-12-10-18-15-6-5-13(17)9-14(12)15/h5-6,9-11,18H,3-4,7-8H2,1-2H3. The van der Waals surface area contributed by atoms with Crippen LogP contribution in [0, 0.1) is 5.92 Å². The first-order valence-corrected chi connectivity index (χ1v) is 7.35. The summed E-state index contributed by atoms with van der Waals surface area (Å²) in [5, 5.41) is 1.88. The van der Waals surface area contributed by atoms with Gasteiger partial charge < -0.3 is 9.72 Å². The monoisotopic (exact) mass is 293 g/mol. The molecule has 2 rings (SSSR count). The average Bonchev–Trinajstić information content (AvgIpc) is 2.76. The van der Waals surface area contributed by atoms with Gasteiger partial charge in [0.25, 0.3) is 0 Å². The summed E-state index contributed by atoms with van der Waals surface area (Å²) in [5.41, 5.74) is 2.30. The van der Waals surface area contributed by atoms with E-state index in [2.05, 4.69) is 4.98 Å². The van der Waals surface area contributed by atoms with Crippen molar-refractivity contribution < 1.29 is 9.53 Å². The molecular formula is C16H20ClNO2. The van der Waals surface area contributed by atoms with E-state index in [-0.39, 0.29) is 5.97 Å². The zero-order valence-electron chi connectivity index (χ0n) is 11.9. The number of fused-ring (bicyclic) bond motifs is 1. The third kappa shape index (κ3) is 4.01. The topological polar surface area (TPSA) is 42.1 Å². The minimum Gasteiger partial charge on any atom is -0.466 e. The average molecular weight is 294 g/mol. The third-order valence-electron chi connectivity index (χ3n) is 3.16. The first-order chi connectivity index (χ1) is 9.56. The molecule has 0 amide bonds. The maximum atomic E-state index is 11.4. The van der Waals surface area contributed by atoms with Crippen LogP contribution in [0.1, 0.15) is 32.3 Å². The van der Waals surface area contributed by atoms with E-state index in [0.29, 0.717) is 18.9 Å². The van der Waals surface area contributed by atoms with Crippen LogP contribution in [0.2, 0.25) is 5.02 Å². The lowest BCUT2D eigenvalue weighted by atomic mass is 10.1. The number of esters is 1. The molecule has 0 bridgehead atoms. The number of ether oxygens (including phenoxy) is 1. The van der Waals surface area contributed by atoms with Crippen molar-refractivity contribution in [3.8, 4) is 0 Å². The fourth-order valence-electron chi connectivity index (χ4n) is 2.20. The molecule has 0 aliphatic carbocycles. The van der Waals surface area contributed by atoms with E-state index in [1.165, 1.54) is 5.56 Å². The Morgan fingerprint density at radius 2 is 2.20 bits per heavy atom. The SMILES string of the molecule is CC(C)CC(=O)OCCCc1c[nH]c2ccc(Cl)cc12. The number of aryl methyl sites for hydroxylation is 1. The van der Waals surface area contributed by atoms with Crippen molar-refractivity contribution >= 4 is 28.5 Å². The van der Waals surface area contributed by atoms with E-state index in [1.54, 1.807) is 0 Å². The van der Waals surface area contributed by atoms with Crippen LogP contribution < -0.4 is 0 Å². The molecule has 0 unspecified atom stereocenters. The molecule has 4 heteroatoms. The number of halogens is 1. The summed E-state index contributed by atoms with van der Waals surface area (Å²) in [4.78, 5) is 14.7. The lowest BCUT2D eigenvalue weighted by Crippen LogP contribution is -2.09. The number of hydrogen-bond donors (Lipinski definition) is 1. The predicted octanol–water partition coefficient (Wildman–Crippen LogP) is 4.34. The van der Waals surface area contributed by atoms with Crippen molar-refractivity contribution in [3.05, 3.63) is 35.0 Å². The fraction of sp³-hybridized carbons (Fsp3) is 0.438. The highest BCUT2D eigenvalue weighted by Crippen LogP contribution is 2.23. The smallest absolute Gasteiger partial charge is 0.306 e. The maximum absolute atomic E-state index is 11.4. The van der Waals surface area contributed by atoms with Crippen molar-refractivity contribution in [2.24, 2.45) is 5.92 Å². The number of nitrogens with one attached hydrogen (secondary N) is 1. The van der Waals surface area contributed by atoms with E-state index in [0.717, 1.165) is 28.8 Å². The van der Waals surface area contributed by atoms with Gasteiger partial charge in [-0.25, -0.2) is 0 Å². The van der Waals surface area contributed by atoms with Crippen LogP contribution in [0.5, 0.6) is 0 Å². The minimum absolute atomic E-state index is 0.109. The van der Waals surface area contributed by atoms with Gasteiger partial charge >= 0.3 is 5.97 Å². The molecule has 0 fully saturated rings. The highest BCUT2D eigenvalue weighted by atomic mass is 35.5. The van der Waals surface area contributed by atoms with Gasteiger partial charge in [-0.05, 0) is 42.5 Å². The molecule has 0 atom stereocenters. The molecule has 0 saturated carbocycles. The Kier molecular flexibility index (Phi) is 5.07. The molecule has 0 spiro atoms. The molecule has 0 radical (unpaired) electrons. The number of carbonyl (C=O) groups is 1. The summed E-state index contributed by atoms with van der Waals surface area (Å²) in [6.45, 7) is 4.49. The fourth-order valence-corrected chi connectivity index (χ4v) is 2.37. The predicted molar refractivity (Wildman–Crippen MR) is 82.0 cm³/mol. The van der Waals surface area contributed by atoms with E-state index >= 15 is 0 Å². The molecule has 0 aliphatic rings. The Morgan fingerprint density at radius 3 is 2.95 bits per heavy atom. The van der Waals surface area contributed by atoms with Crippen molar-refractivity contribution in [2.75, 3.05) is 6.61 Å². The Balaban J connectivity index is 1.84. The Hall–Kier alpha value is -1.48. The zero-order chi connectivity index (χ0) is 14.5. The second-order valence-corrected chi connectivity index (χ2v) is 5.86. The van der Waals surface area contributed by atoms with Gasteiger partial charge in [-0.1, -0.05) is 25.4 Å². The number of carbonyl (C=O) groups excluding carboxylic acids is 1. The van der Waals surface area contributed by atoms with Crippen LogP contribution >= 0.6 is 11.6 Å². The van der Waals surface area contributed by atoms with Crippen molar-refractivity contribution in [1.82, 2.24) is 4.98 Å². The number of aromatic amines is 1. The van der Waals surface area contributed by atoms with Crippen LogP contribution in [-0.4, -0.2) is 17.6 Å². The molecule has 3 nitrogen and oxygen atoms in total. The van der Waals surface area contributed by atoms with Gasteiger partial charge in [-0.15, -0.1) is 0 Å². The van der Waals surface area contributed by atoms with Crippen LogP contribution in [-0.2, 0) is 16.0 Å². The number of rotatable bonds is 6. The van der Waals surface area contributed by atoms with Gasteiger partial charge in [0.2, 0.25) is 0 Å². The first kappa shape index (κ1) is 14.9. The zero-order valence-corrected chi connectivity index (χ0v) is 12.7. The Bertz CT molecular complexity index is 589. The van der Waals surface area contributed by atoms with E-state index in [9.17, 15) is 4.79 Å². The molecule has 2 aromatic rings. The van der Waals surface area contributed by atoms with E-state index in [1.807, 2.05) is 38.2 Å². The van der Waals surface area contributed by atoms with Crippen LogP contribution in [0.3, 0.4) is 0 Å². The first-order valence-electron chi connectivity index (χ1n) is 6.97. The third-order valence-corrected chi connectivity index (χ3v) is 3.39. The molecule has 1 aromatic heterocycles. The summed E-state index contributed by atoms with van der Waals surface area (Å²) in [6, 6.07) is 5.81. The van der Waals surface area contributed by atoms with Gasteiger partial charge in [0.1, 0.15) is 0 Å². The van der Waals surface area contributed by atoms with E-state index < -0.39 is 0 Å². The van der Waals surface area contributed by atoms with Gasteiger partial charge in [0.05, 0.1) is 6.61 Å². The molecule has 1 heterocycles. The number of hydrogen-bond acceptors (Lipinski definition) is 2. The largest absolute Gasteiger partial charge is 0.466 e. The quantitative estimate of drug-likeness (QED) is 0.636. The van der Waals surface area contributed by atoms with Crippen LogP contribution in [0.4, 0.5) is 0 Å². The summed E-state index contributed by atoms with van der Waals surface area (Å²) in [7, 11) is 0. The normalized spacial score (nSPS) is 11.2. The van der Waals surface area contributed by atoms with Gasteiger partial charge in [-0.3, -0.25) is 4.79 Å². The van der Waals surface area contributed by atoms with Gasteiger partial charge in [0, 0.05) is 28.5 Å². The maximum Gasteiger partial charge on any atom is 0.306 e. The highest BCUT2D eigenvalue weighted by Gasteiger charge is 2.07. The summed E-state index contributed by atoms with van der Waals surface area (Å²) in [5.74, 6) is 0.236. The molecule has 0 saturated heterocycles. The number of benzene rings is 1. The molecule has 1 aromatic carbocycles. The molecular weight excluding hydrogens is 274 g/mol. The minimum atomic E-state index is -0.109. The van der Waals surface area contributed by atoms with E-state index in [4.69, 9.17) is 16.3 Å². The van der Waals surface area contributed by atoms with Crippen LogP contribution in [0.15, 0.2) is 24.4 Å². The molecule has 20 heavy (non-hydrogen) atoms. The van der Waals surface area contributed by atoms with Crippen molar-refractivity contribution in [3.63, 3.8) is 0 Å². The molecule has 108 valence electrons. The van der Waals surface area contributed by atoms with Crippen molar-refractivity contribution in [1.29, 1.82) is 0 Å². The Labute approximate surface area is 124 Å². The molecule has 0 aliphatic heterocycles. The van der Waals surface area contributed by atoms with Crippen molar-refractivity contribution in [2.45, 2.75) is 33.1 Å². The number of aromatic nitrogens is 1.